The molecule has 1 heterocycles. The van der Waals surface area contributed by atoms with Crippen molar-refractivity contribution in [2.75, 3.05) is 45.8 Å². The average Bonchev–Trinajstić information content (AvgIpc) is 2.69. The minimum atomic E-state index is -0.999. The van der Waals surface area contributed by atoms with E-state index in [-0.39, 0.29) is 11.8 Å². The second-order valence-electron chi connectivity index (χ2n) is 7.51. The molecule has 0 saturated carbocycles. The summed E-state index contributed by atoms with van der Waals surface area (Å²) in [4.78, 5) is 31.6. The Bertz CT molecular complexity index is 643. The molecule has 5 heteroatoms. The normalized spacial score (nSPS) is 15.9. The van der Waals surface area contributed by atoms with Crippen LogP contribution in [0.2, 0.25) is 0 Å². The molecule has 0 N–H and O–H groups in total. The molecule has 1 aliphatic rings. The molecule has 0 aliphatic carbocycles. The minimum absolute atomic E-state index is 0.0566. The van der Waals surface area contributed by atoms with Gasteiger partial charge < -0.3 is 9.80 Å². The van der Waals surface area contributed by atoms with E-state index in [2.05, 4.69) is 29.2 Å². The summed E-state index contributed by atoms with van der Waals surface area (Å²) in [6.07, 6.45) is 4.30. The van der Waals surface area contributed by atoms with Gasteiger partial charge in [-0.2, -0.15) is 0 Å². The van der Waals surface area contributed by atoms with Crippen molar-refractivity contribution in [3.05, 3.63) is 42.0 Å². The van der Waals surface area contributed by atoms with Crippen LogP contribution in [-0.2, 0) is 9.59 Å². The Kier molecular flexibility index (Phi) is 7.60. The molecule has 0 radical (unpaired) electrons. The predicted octanol–water partition coefficient (Wildman–Crippen LogP) is 2.74. The number of carbonyl (C=O) groups is 2. The molecular formula is C22H33N3O2. The zero-order valence-corrected chi connectivity index (χ0v) is 17.1. The van der Waals surface area contributed by atoms with Crippen LogP contribution in [0.25, 0.3) is 6.08 Å². The van der Waals surface area contributed by atoms with E-state index in [0.717, 1.165) is 19.6 Å². The van der Waals surface area contributed by atoms with Crippen LogP contribution in [0.4, 0.5) is 0 Å². The first kappa shape index (κ1) is 21.2. The van der Waals surface area contributed by atoms with Gasteiger partial charge in [0.2, 0.25) is 11.8 Å². The van der Waals surface area contributed by atoms with E-state index in [1.54, 1.807) is 18.7 Å². The molecule has 148 valence electrons. The van der Waals surface area contributed by atoms with Gasteiger partial charge in [0.1, 0.15) is 5.41 Å². The third kappa shape index (κ3) is 5.42. The summed E-state index contributed by atoms with van der Waals surface area (Å²) in [5.41, 5.74) is 0.199. The summed E-state index contributed by atoms with van der Waals surface area (Å²) < 4.78 is 0. The quantitative estimate of drug-likeness (QED) is 0.692. The fourth-order valence-electron chi connectivity index (χ4n) is 3.43. The lowest BCUT2D eigenvalue weighted by molar-refractivity contribution is -0.154. The number of hydrogen-bond donors (Lipinski definition) is 0. The topological polar surface area (TPSA) is 43.9 Å². The first-order valence-electron chi connectivity index (χ1n) is 9.92. The summed E-state index contributed by atoms with van der Waals surface area (Å²) in [6.45, 7) is 12.6. The molecule has 2 amide bonds. The maximum atomic E-state index is 12.9. The van der Waals surface area contributed by atoms with Crippen molar-refractivity contribution in [2.24, 2.45) is 5.41 Å². The maximum Gasteiger partial charge on any atom is 0.237 e. The molecular weight excluding hydrogens is 338 g/mol. The summed E-state index contributed by atoms with van der Waals surface area (Å²) in [5, 5.41) is 0. The highest BCUT2D eigenvalue weighted by molar-refractivity contribution is 6.04. The van der Waals surface area contributed by atoms with Crippen LogP contribution in [-0.4, -0.2) is 72.3 Å². The van der Waals surface area contributed by atoms with Crippen LogP contribution in [0.5, 0.6) is 0 Å². The van der Waals surface area contributed by atoms with Crippen LogP contribution in [0, 0.1) is 5.41 Å². The number of piperazine rings is 1. The van der Waals surface area contributed by atoms with Gasteiger partial charge in [-0.25, -0.2) is 0 Å². The largest absolute Gasteiger partial charge is 0.342 e. The molecule has 1 aromatic carbocycles. The second-order valence-corrected chi connectivity index (χ2v) is 7.51. The van der Waals surface area contributed by atoms with Crippen LogP contribution in [0.3, 0.4) is 0 Å². The first-order chi connectivity index (χ1) is 12.9. The van der Waals surface area contributed by atoms with Crippen molar-refractivity contribution in [1.29, 1.82) is 0 Å². The molecule has 1 saturated heterocycles. The highest BCUT2D eigenvalue weighted by Crippen LogP contribution is 2.23. The standard InChI is InChI=1S/C22H33N3O2/c1-5-24(6-2)20(26)22(3,4)21(27)25-17-15-23(16-18-25)14-10-13-19-11-8-7-9-12-19/h7-13H,5-6,14-18H2,1-4H3/b13-10+. The van der Waals surface area contributed by atoms with Gasteiger partial charge in [0.05, 0.1) is 0 Å². The number of rotatable bonds is 7. The Morgan fingerprint density at radius 3 is 2.19 bits per heavy atom. The predicted molar refractivity (Wildman–Crippen MR) is 110 cm³/mol. The zero-order valence-electron chi connectivity index (χ0n) is 17.1. The minimum Gasteiger partial charge on any atom is -0.342 e. The summed E-state index contributed by atoms with van der Waals surface area (Å²) in [7, 11) is 0. The van der Waals surface area contributed by atoms with Gasteiger partial charge in [-0.15, -0.1) is 0 Å². The fraction of sp³-hybridized carbons (Fsp3) is 0.545. The molecule has 0 unspecified atom stereocenters. The molecule has 0 aromatic heterocycles. The smallest absolute Gasteiger partial charge is 0.237 e. The summed E-state index contributed by atoms with van der Waals surface area (Å²) in [6, 6.07) is 10.3. The van der Waals surface area contributed by atoms with Gasteiger partial charge in [0.15, 0.2) is 0 Å². The van der Waals surface area contributed by atoms with E-state index in [1.807, 2.05) is 36.9 Å². The van der Waals surface area contributed by atoms with Crippen LogP contribution >= 0.6 is 0 Å². The lowest BCUT2D eigenvalue weighted by Gasteiger charge is -2.39. The lowest BCUT2D eigenvalue weighted by Crippen LogP contribution is -2.55. The SMILES string of the molecule is CCN(CC)C(=O)C(C)(C)C(=O)N1CCN(C/C=C/c2ccccc2)CC1. The third-order valence-electron chi connectivity index (χ3n) is 5.25. The van der Waals surface area contributed by atoms with Crippen LogP contribution < -0.4 is 0 Å². The van der Waals surface area contributed by atoms with E-state index in [1.165, 1.54) is 5.56 Å². The van der Waals surface area contributed by atoms with Crippen molar-refractivity contribution in [2.45, 2.75) is 27.7 Å². The van der Waals surface area contributed by atoms with Gasteiger partial charge in [-0.05, 0) is 33.3 Å². The third-order valence-corrected chi connectivity index (χ3v) is 5.25. The highest BCUT2D eigenvalue weighted by Gasteiger charge is 2.41. The molecule has 0 bridgehead atoms. The van der Waals surface area contributed by atoms with Crippen molar-refractivity contribution in [1.82, 2.24) is 14.7 Å². The van der Waals surface area contributed by atoms with Gasteiger partial charge >= 0.3 is 0 Å². The second kappa shape index (κ2) is 9.70. The highest BCUT2D eigenvalue weighted by atomic mass is 16.2. The van der Waals surface area contributed by atoms with E-state index in [0.29, 0.717) is 26.2 Å². The fourth-order valence-corrected chi connectivity index (χ4v) is 3.43. The zero-order chi connectivity index (χ0) is 19.9. The Balaban J connectivity index is 1.86. The summed E-state index contributed by atoms with van der Waals surface area (Å²) in [5.74, 6) is -0.135. The van der Waals surface area contributed by atoms with Gasteiger partial charge in [-0.3, -0.25) is 14.5 Å². The van der Waals surface area contributed by atoms with E-state index < -0.39 is 5.41 Å². The van der Waals surface area contributed by atoms with E-state index in [9.17, 15) is 9.59 Å². The number of nitrogens with zero attached hydrogens (tertiary/aromatic N) is 3. The maximum absolute atomic E-state index is 12.9. The summed E-state index contributed by atoms with van der Waals surface area (Å²) >= 11 is 0. The van der Waals surface area contributed by atoms with Crippen molar-refractivity contribution < 1.29 is 9.59 Å². The Morgan fingerprint density at radius 2 is 1.63 bits per heavy atom. The van der Waals surface area contributed by atoms with Crippen LogP contribution in [0.1, 0.15) is 33.3 Å². The first-order valence-corrected chi connectivity index (χ1v) is 9.92. The monoisotopic (exact) mass is 371 g/mol. The molecule has 2 rings (SSSR count). The average molecular weight is 372 g/mol. The number of benzene rings is 1. The molecule has 1 aromatic rings. The van der Waals surface area contributed by atoms with E-state index in [4.69, 9.17) is 0 Å². The molecule has 5 nitrogen and oxygen atoms in total. The number of amides is 2. The Hall–Kier alpha value is -2.14. The molecule has 0 spiro atoms. The van der Waals surface area contributed by atoms with Gasteiger partial charge in [0, 0.05) is 45.8 Å². The van der Waals surface area contributed by atoms with Crippen LogP contribution in [0.15, 0.2) is 36.4 Å². The molecule has 1 fully saturated rings. The number of carbonyl (C=O) groups excluding carboxylic acids is 2. The van der Waals surface area contributed by atoms with Crippen molar-refractivity contribution in [3.63, 3.8) is 0 Å². The molecule has 27 heavy (non-hydrogen) atoms. The Morgan fingerprint density at radius 1 is 1.04 bits per heavy atom. The van der Waals surface area contributed by atoms with Crippen molar-refractivity contribution in [3.8, 4) is 0 Å². The molecule has 0 atom stereocenters. The van der Waals surface area contributed by atoms with Gasteiger partial charge in [0.25, 0.3) is 0 Å². The lowest BCUT2D eigenvalue weighted by atomic mass is 9.89. The Labute approximate surface area is 163 Å². The molecule has 1 aliphatic heterocycles. The van der Waals surface area contributed by atoms with Gasteiger partial charge in [-0.1, -0.05) is 42.5 Å². The van der Waals surface area contributed by atoms with E-state index >= 15 is 0 Å². The van der Waals surface area contributed by atoms with Crippen molar-refractivity contribution >= 4 is 17.9 Å². The number of hydrogen-bond acceptors (Lipinski definition) is 3.